The molecule has 18 nitrogen and oxygen atoms in total. The molecule has 6 atom stereocenters. The molecule has 0 aliphatic carbocycles. The van der Waals surface area contributed by atoms with Gasteiger partial charge in [0, 0.05) is 41.8 Å². The lowest BCUT2D eigenvalue weighted by Gasteiger charge is -2.36. The number of aryl methyl sites for hydroxylation is 1. The number of aromatic nitrogens is 5. The minimum absolute atomic E-state index is 0.0318. The number of nitrogens with zero attached hydrogens (tertiary/aromatic N) is 5. The Morgan fingerprint density at radius 1 is 0.831 bits per heavy atom. The third-order valence-electron chi connectivity index (χ3n) is 14.7. The van der Waals surface area contributed by atoms with Gasteiger partial charge in [-0.05, 0) is 106 Å². The highest BCUT2D eigenvalue weighted by atomic mass is 19.1. The molecule has 0 bridgehead atoms. The summed E-state index contributed by atoms with van der Waals surface area (Å²) in [5.41, 5.74) is 6.43. The predicted octanol–water partition coefficient (Wildman–Crippen LogP) is 7.71. The van der Waals surface area contributed by atoms with Crippen molar-refractivity contribution in [2.45, 2.75) is 88.7 Å². The Morgan fingerprint density at radius 3 is 2.34 bits per heavy atom. The van der Waals surface area contributed by atoms with Crippen LogP contribution in [-0.2, 0) is 30.2 Å². The molecule has 3 saturated heterocycles. The summed E-state index contributed by atoms with van der Waals surface area (Å²) in [4.78, 5) is 71.4. The molecule has 370 valence electrons. The van der Waals surface area contributed by atoms with E-state index in [9.17, 15) is 19.2 Å². The van der Waals surface area contributed by atoms with Crippen molar-refractivity contribution in [2.75, 3.05) is 47.1 Å². The summed E-state index contributed by atoms with van der Waals surface area (Å²) in [6.45, 7) is 3.95. The summed E-state index contributed by atoms with van der Waals surface area (Å²) in [5.74, 6) is 1.36. The van der Waals surface area contributed by atoms with Gasteiger partial charge in [-0.25, -0.2) is 23.9 Å². The lowest BCUT2D eigenvalue weighted by Crippen LogP contribution is -2.53. The third kappa shape index (κ3) is 8.69. The second-order valence-electron chi connectivity index (χ2n) is 19.0. The fourth-order valence-corrected chi connectivity index (χ4v) is 11.2. The summed E-state index contributed by atoms with van der Waals surface area (Å²) in [7, 11) is 2.54. The highest BCUT2D eigenvalue weighted by Gasteiger charge is 2.41. The van der Waals surface area contributed by atoms with Crippen LogP contribution >= 0.6 is 0 Å². The number of carbonyl (C=O) groups excluding carboxylic acids is 4. The Hall–Kier alpha value is -7.41. The van der Waals surface area contributed by atoms with Gasteiger partial charge in [-0.2, -0.15) is 0 Å². The van der Waals surface area contributed by atoms with Crippen LogP contribution in [0.1, 0.15) is 93.0 Å². The molecular weight excluding hydrogens is 914 g/mol. The van der Waals surface area contributed by atoms with Crippen molar-refractivity contribution in [3.8, 4) is 45.3 Å². The standard InChI is InChI=1S/C52H56FN9O9/c1-28-19-31(14-18-69-28)46(59-52(66)68-3)49(64)61-16-5-9-40(61)48-54-25-36(57-48)30-12-13-38-34(20-30)22-41-45-35(53)21-33(24-43(45)71-50(62(38)41)32-11-10-29-7-6-17-70-42(29)23-32)37-26-55-47(58-37)39-8-4-15-60(39)44(63)27-56-51(65)67-2/h10-13,20-26,28,31,39-40,46,50H,4-9,14-19,27H2,1-3H3,(H,54,57)(H,55,58)(H,56,65)(H,59,66)/t28-,31?,39+,40+,46?,50?/m1/s1. The molecule has 5 aliphatic heterocycles. The number of amides is 4. The Labute approximate surface area is 408 Å². The van der Waals surface area contributed by atoms with Crippen molar-refractivity contribution >= 4 is 34.9 Å². The Balaban J connectivity index is 0.909. The van der Waals surface area contributed by atoms with Gasteiger partial charge in [0.2, 0.25) is 18.0 Å². The van der Waals surface area contributed by atoms with Crippen LogP contribution in [0, 0.1) is 11.7 Å². The maximum Gasteiger partial charge on any atom is 0.407 e. The van der Waals surface area contributed by atoms with Gasteiger partial charge in [-0.15, -0.1) is 0 Å². The lowest BCUT2D eigenvalue weighted by atomic mass is 9.88. The number of likely N-dealkylation sites (tertiary alicyclic amines) is 2. The molecule has 0 saturated carbocycles. The van der Waals surface area contributed by atoms with Crippen molar-refractivity contribution in [1.82, 2.24) is 44.9 Å². The number of carbonyl (C=O) groups is 4. The minimum Gasteiger partial charge on any atom is -0.493 e. The number of fused-ring (bicyclic) bond motifs is 6. The first-order valence-corrected chi connectivity index (χ1v) is 24.4. The van der Waals surface area contributed by atoms with Crippen LogP contribution in [0.15, 0.2) is 67.0 Å². The normalized spacial score (nSPS) is 21.9. The van der Waals surface area contributed by atoms with E-state index in [0.717, 1.165) is 64.7 Å². The van der Waals surface area contributed by atoms with Gasteiger partial charge < -0.3 is 58.7 Å². The maximum absolute atomic E-state index is 17.0. The summed E-state index contributed by atoms with van der Waals surface area (Å²) in [5, 5.41) is 6.15. The van der Waals surface area contributed by atoms with Crippen LogP contribution in [0.4, 0.5) is 14.0 Å². The largest absolute Gasteiger partial charge is 0.493 e. The number of aromatic amines is 2. The summed E-state index contributed by atoms with van der Waals surface area (Å²) in [6.07, 6.45) is 7.42. The van der Waals surface area contributed by atoms with Crippen molar-refractivity contribution in [2.24, 2.45) is 5.92 Å². The van der Waals surface area contributed by atoms with Gasteiger partial charge in [0.25, 0.3) is 0 Å². The van der Waals surface area contributed by atoms with Crippen molar-refractivity contribution in [1.29, 1.82) is 0 Å². The fourth-order valence-electron chi connectivity index (χ4n) is 11.2. The molecule has 6 aromatic rings. The number of nitrogens with one attached hydrogen (secondary N) is 4. The number of alkyl carbamates (subject to hydrolysis) is 2. The number of imidazole rings is 2. The van der Waals surface area contributed by atoms with E-state index in [1.54, 1.807) is 17.3 Å². The number of H-pyrrole nitrogens is 2. The zero-order valence-electron chi connectivity index (χ0n) is 39.8. The Kier molecular flexibility index (Phi) is 12.4. The van der Waals surface area contributed by atoms with Crippen molar-refractivity contribution in [3.05, 3.63) is 95.6 Å². The topological polar surface area (TPSA) is 207 Å². The number of methoxy groups -OCH3 is 2. The van der Waals surface area contributed by atoms with Crippen LogP contribution in [0.2, 0.25) is 0 Å². The number of hydrogen-bond donors (Lipinski definition) is 4. The van der Waals surface area contributed by atoms with Gasteiger partial charge in [0.15, 0.2) is 0 Å². The second kappa shape index (κ2) is 19.1. The first kappa shape index (κ1) is 46.0. The molecule has 0 spiro atoms. The quantitative estimate of drug-likeness (QED) is 0.105. The molecule has 8 heterocycles. The lowest BCUT2D eigenvalue weighted by molar-refractivity contribution is -0.137. The molecule has 3 aromatic carbocycles. The smallest absolute Gasteiger partial charge is 0.407 e. The zero-order chi connectivity index (χ0) is 48.9. The molecule has 5 aliphatic rings. The molecule has 11 rings (SSSR count). The van der Waals surface area contributed by atoms with E-state index in [-0.39, 0.29) is 42.5 Å². The molecule has 0 radical (unpaired) electrons. The molecule has 3 aromatic heterocycles. The molecule has 4 amide bonds. The third-order valence-corrected chi connectivity index (χ3v) is 14.7. The monoisotopic (exact) mass is 969 g/mol. The van der Waals surface area contributed by atoms with Gasteiger partial charge in [-0.3, -0.25) is 9.59 Å². The Bertz CT molecular complexity index is 3040. The molecule has 3 fully saturated rings. The van der Waals surface area contributed by atoms with Crippen LogP contribution < -0.4 is 20.1 Å². The second-order valence-corrected chi connectivity index (χ2v) is 19.0. The van der Waals surface area contributed by atoms with E-state index in [1.807, 2.05) is 58.9 Å². The summed E-state index contributed by atoms with van der Waals surface area (Å²) in [6, 6.07) is 16.1. The Morgan fingerprint density at radius 2 is 1.58 bits per heavy atom. The SMILES string of the molecule is COC(=O)NCC(=O)N1CCC[C@H]1c1ncc(-c2cc(F)c3c(c2)OC(c2ccc4c(c2)OCCC4)n2c-3cc3cc(-c4cnc([C@@H]5CCCN5C(=O)C(NC(=O)OC)C5CCO[C@H](C)C5)[nH]4)ccc32)[nH]1. The van der Waals surface area contributed by atoms with Crippen LogP contribution in [0.3, 0.4) is 0 Å². The number of halogens is 1. The summed E-state index contributed by atoms with van der Waals surface area (Å²) < 4.78 is 47.3. The van der Waals surface area contributed by atoms with Crippen LogP contribution in [0.25, 0.3) is 44.7 Å². The van der Waals surface area contributed by atoms with E-state index in [2.05, 4.69) is 36.4 Å². The molecular formula is C52H56FN9O9. The van der Waals surface area contributed by atoms with E-state index in [0.29, 0.717) is 91.9 Å². The fraction of sp³-hybridized carbons (Fsp3) is 0.423. The summed E-state index contributed by atoms with van der Waals surface area (Å²) >= 11 is 0. The van der Waals surface area contributed by atoms with E-state index in [4.69, 9.17) is 23.9 Å². The first-order valence-electron chi connectivity index (χ1n) is 24.4. The number of hydrogen-bond acceptors (Lipinski definition) is 11. The maximum atomic E-state index is 17.0. The molecule has 3 unspecified atom stereocenters. The number of rotatable bonds is 10. The average molecular weight is 970 g/mol. The van der Waals surface area contributed by atoms with Crippen LogP contribution in [-0.4, -0.2) is 118 Å². The molecule has 71 heavy (non-hydrogen) atoms. The van der Waals surface area contributed by atoms with Gasteiger partial charge in [0.05, 0.1) is 79.6 Å². The zero-order valence-corrected chi connectivity index (χ0v) is 39.8. The molecule has 19 heteroatoms. The van der Waals surface area contributed by atoms with Gasteiger partial charge in [-0.1, -0.05) is 18.2 Å². The first-order chi connectivity index (χ1) is 34.5. The highest BCUT2D eigenvalue weighted by Crippen LogP contribution is 2.48. The van der Waals surface area contributed by atoms with Gasteiger partial charge >= 0.3 is 12.2 Å². The van der Waals surface area contributed by atoms with Crippen LogP contribution in [0.5, 0.6) is 11.5 Å². The highest BCUT2D eigenvalue weighted by molar-refractivity contribution is 5.93. The average Bonchev–Trinajstić information content (AvgIpc) is 4.26. The van der Waals surface area contributed by atoms with Crippen molar-refractivity contribution in [3.63, 3.8) is 0 Å². The molecule has 4 N–H and O–H groups in total. The van der Waals surface area contributed by atoms with E-state index in [1.165, 1.54) is 20.3 Å². The minimum atomic E-state index is -0.759. The van der Waals surface area contributed by atoms with Crippen molar-refractivity contribution < 1.29 is 47.3 Å². The predicted molar refractivity (Wildman–Crippen MR) is 257 cm³/mol. The van der Waals surface area contributed by atoms with E-state index >= 15 is 4.39 Å². The number of benzene rings is 3. The van der Waals surface area contributed by atoms with Gasteiger partial charge in [0.1, 0.15) is 41.6 Å². The number of ether oxygens (including phenoxy) is 5. The van der Waals surface area contributed by atoms with E-state index < -0.39 is 30.3 Å².